The normalized spacial score (nSPS) is 12.4. The van der Waals surface area contributed by atoms with Gasteiger partial charge in [0.25, 0.3) is 0 Å². The zero-order valence-corrected chi connectivity index (χ0v) is 79.8. The number of nitrogens with zero attached hydrogens (tertiary/aromatic N) is 13. The molecule has 14 bridgehead atoms. The second-order valence-electron chi connectivity index (χ2n) is 31.1. The number of para-hydroxylation sites is 2. The summed E-state index contributed by atoms with van der Waals surface area (Å²) in [5.74, 6) is 0. The summed E-state index contributed by atoms with van der Waals surface area (Å²) in [4.78, 5) is 66.1. The third kappa shape index (κ3) is 16.7. The van der Waals surface area contributed by atoms with E-state index in [4.69, 9.17) is 54.8 Å². The largest absolute Gasteiger partial charge is 2.00 e. The summed E-state index contributed by atoms with van der Waals surface area (Å²) >= 11 is 12.0. The number of pyridine rings is 4. The van der Waals surface area contributed by atoms with Crippen LogP contribution in [0, 0.1) is 6.92 Å². The zero-order valence-electron chi connectivity index (χ0n) is 69.1. The first-order valence-electron chi connectivity index (χ1n) is 41.7. The fourth-order valence-corrected chi connectivity index (χ4v) is 18.7. The molecule has 0 N–H and O–H groups in total. The smallest absolute Gasteiger partial charge is 0.657 e. The number of benzene rings is 5. The maximum absolute atomic E-state index is 5.77. The standard InChI is InChI=1S/C106H82Br3N13.2Zn/c1-5-8-10-20-58-106(59-21-11-9-6-2)78-62-68(33-40-76(78)77-41-34-69(63-79(77)106)100-87-46-48-91(117-87)102(85-43-36-71(65-113-85)82-29-19-23-61-111-82)92-51-55-96(120-92)105(109)98-57-56-97(121-98)104(108)95-54-50-89(100)119-95)99-86-45-47-90(116-86)101(84-42-35-70(64-112-84)81-28-18-22-60-110-81)80(7-3)114-66(4)75(83-44-52-93(115-83)103(107)94-53-49-88(99)118-94)39-32-67-30-37-74(38-31-67)122(72-24-14-12-15-25-72)73-26-16-13-17-27-73;;/h7,12-19,22-57,60-65H,3,5-6,8-11,20-21,58-59H2,1-2,4H3;;/q-4;2*+2/b39-32+,75-66?,83-75?,99-86?,99-88?,100-87?,100-89?,101-80?,101-90?,102-91?,102-92?,103-93?,103-94?,104-95?,104-97?,105-96?,105-98?,114-66?,114-80?;;. The molecule has 19 rings (SSSR count). The molecule has 0 spiro atoms. The van der Waals surface area contributed by atoms with Crippen molar-refractivity contribution in [3.05, 3.63) is 343 Å². The van der Waals surface area contributed by atoms with Crippen molar-refractivity contribution in [1.29, 1.82) is 0 Å². The van der Waals surface area contributed by atoms with Crippen molar-refractivity contribution in [3.8, 4) is 78.4 Å². The third-order valence-corrected chi connectivity index (χ3v) is 25.9. The van der Waals surface area contributed by atoms with E-state index in [2.05, 4.69) is 272 Å². The van der Waals surface area contributed by atoms with Crippen LogP contribution in [0.15, 0.2) is 275 Å². The van der Waals surface area contributed by atoms with Crippen molar-refractivity contribution >= 4 is 164 Å². The molecule has 0 saturated heterocycles. The Morgan fingerprint density at radius 1 is 0.363 bits per heavy atom. The molecule has 4 aliphatic rings. The number of halogens is 3. The Hall–Kier alpha value is -11.9. The molecule has 3 aliphatic heterocycles. The summed E-state index contributed by atoms with van der Waals surface area (Å²) in [5.41, 5.74) is 31.5. The Balaban J connectivity index is 0.00000544. The van der Waals surface area contributed by atoms with E-state index in [1.807, 2.05) is 110 Å². The maximum atomic E-state index is 5.77. The molecule has 0 atom stereocenters. The quantitative estimate of drug-likeness (QED) is 0.0466. The van der Waals surface area contributed by atoms with E-state index >= 15 is 0 Å². The number of hydrogen-bond acceptors (Lipinski definition) is 9. The monoisotopic (exact) mass is 1900 g/mol. The molecule has 18 heteroatoms. The van der Waals surface area contributed by atoms with E-state index in [-0.39, 0.29) is 39.0 Å². The number of aromatic nitrogens is 12. The molecule has 124 heavy (non-hydrogen) atoms. The van der Waals surface area contributed by atoms with Gasteiger partial charge in [-0.05, 0) is 263 Å². The molecule has 13 heterocycles. The molecule has 15 aromatic rings. The second-order valence-corrected chi connectivity index (χ2v) is 33.5. The van der Waals surface area contributed by atoms with Gasteiger partial charge in [0, 0.05) is 88.6 Å². The molecular formula is C106H82Br3N13Zn2. The molecule has 0 unspecified atom stereocenters. The third-order valence-electron chi connectivity index (χ3n) is 23.5. The molecule has 0 amide bonds. The van der Waals surface area contributed by atoms with E-state index in [1.165, 1.54) is 22.3 Å². The van der Waals surface area contributed by atoms with Crippen LogP contribution in [0.25, 0.3) is 177 Å². The van der Waals surface area contributed by atoms with Gasteiger partial charge in [-0.1, -0.05) is 217 Å². The Morgan fingerprint density at radius 2 is 0.766 bits per heavy atom. The summed E-state index contributed by atoms with van der Waals surface area (Å²) in [6, 6.07) is 80.5. The summed E-state index contributed by atoms with van der Waals surface area (Å²) in [5, 5.41) is 0. The van der Waals surface area contributed by atoms with E-state index in [9.17, 15) is 0 Å². The molecule has 0 fully saturated rings. The Bertz CT molecular complexity index is 6990. The first kappa shape index (κ1) is 84.3. The van der Waals surface area contributed by atoms with Crippen molar-refractivity contribution in [2.24, 2.45) is 0 Å². The predicted octanol–water partition coefficient (Wildman–Crippen LogP) is 28.3. The van der Waals surface area contributed by atoms with Gasteiger partial charge < -0.3 is 24.8 Å². The van der Waals surface area contributed by atoms with Gasteiger partial charge in [-0.3, -0.25) is 24.9 Å². The molecule has 1 aliphatic carbocycles. The minimum absolute atomic E-state index is 0. The SMILES string of the molecule is C=Cc1nc(C)c(/C=C/c2ccc(N(c3ccccc3)c3ccccc3)cc2)c2ccc([n-]2)c(Br)c2nc(c(-c3ccc4c(c3)C(CCCCCC)(CCCCCC)c3cc(-c5c6nc(c(-c7ccc(-c8ccccn8)cn7)c7ccc([n-]7)c(Br)c7nc(c(Br)c8ccc5[n-]8)C=C7)C=C6)ccc3-4)c3ccc([n-]3)c1-c1ccc(-c3ccccn3)cn1)C=C2.[Zn+2].[Zn+2]. The maximum Gasteiger partial charge on any atom is 2.00 e. The molecular weight excluding hydrogens is 1830 g/mol. The molecule has 596 valence electrons. The Kier molecular flexibility index (Phi) is 25.4. The van der Waals surface area contributed by atoms with Crippen molar-refractivity contribution in [2.45, 2.75) is 90.4 Å². The summed E-state index contributed by atoms with van der Waals surface area (Å²) in [6.07, 6.45) is 36.6. The molecule has 0 saturated carbocycles. The number of anilines is 3. The first-order chi connectivity index (χ1) is 60.0. The Morgan fingerprint density at radius 3 is 1.23 bits per heavy atom. The van der Waals surface area contributed by atoms with Gasteiger partial charge in [0.05, 0.1) is 62.6 Å². The number of fused-ring (bicyclic) bond motifs is 17. The summed E-state index contributed by atoms with van der Waals surface area (Å²) < 4.78 is 2.31. The zero-order chi connectivity index (χ0) is 82.8. The fraction of sp³-hybridized carbons (Fsp3) is 0.132. The number of hydrogen-bond donors (Lipinski definition) is 0. The summed E-state index contributed by atoms with van der Waals surface area (Å²) in [7, 11) is 0. The van der Waals surface area contributed by atoms with Crippen LogP contribution in [0.4, 0.5) is 17.1 Å². The summed E-state index contributed by atoms with van der Waals surface area (Å²) in [6.45, 7) is 11.1. The van der Waals surface area contributed by atoms with Gasteiger partial charge in [0.15, 0.2) is 0 Å². The van der Waals surface area contributed by atoms with Gasteiger partial charge in [-0.25, -0.2) is 15.0 Å². The van der Waals surface area contributed by atoms with Crippen LogP contribution in [-0.4, -0.2) is 39.9 Å². The van der Waals surface area contributed by atoms with Gasteiger partial charge in [0.1, 0.15) is 0 Å². The van der Waals surface area contributed by atoms with Gasteiger partial charge in [-0.2, -0.15) is 0 Å². The van der Waals surface area contributed by atoms with Crippen LogP contribution in [0.5, 0.6) is 0 Å². The average Bonchev–Trinajstić information content (AvgIpc) is 1.55. The van der Waals surface area contributed by atoms with E-state index in [0.717, 1.165) is 235 Å². The molecule has 5 aromatic carbocycles. The number of aryl methyl sites for hydroxylation is 1. The topological polar surface area (TPSA) is 163 Å². The molecule has 10 aromatic heterocycles. The van der Waals surface area contributed by atoms with Crippen molar-refractivity contribution < 1.29 is 39.0 Å². The van der Waals surface area contributed by atoms with Crippen LogP contribution in [0.3, 0.4) is 0 Å². The van der Waals surface area contributed by atoms with E-state index in [0.29, 0.717) is 28.2 Å². The van der Waals surface area contributed by atoms with Crippen LogP contribution in [0.1, 0.15) is 146 Å². The first-order valence-corrected chi connectivity index (χ1v) is 44.1. The average molecular weight is 1910 g/mol. The minimum atomic E-state index is -0.419. The predicted molar refractivity (Wildman–Crippen MR) is 514 cm³/mol. The van der Waals surface area contributed by atoms with Crippen LogP contribution in [0.2, 0.25) is 0 Å². The molecule has 13 nitrogen and oxygen atoms in total. The molecule has 0 radical (unpaired) electrons. The van der Waals surface area contributed by atoms with Crippen LogP contribution < -0.4 is 24.8 Å². The van der Waals surface area contributed by atoms with Gasteiger partial charge in [0.2, 0.25) is 0 Å². The van der Waals surface area contributed by atoms with E-state index in [1.54, 1.807) is 12.4 Å². The van der Waals surface area contributed by atoms with Crippen LogP contribution >= 0.6 is 47.8 Å². The van der Waals surface area contributed by atoms with Crippen molar-refractivity contribution in [1.82, 2.24) is 59.8 Å². The van der Waals surface area contributed by atoms with Crippen molar-refractivity contribution in [3.63, 3.8) is 0 Å². The van der Waals surface area contributed by atoms with E-state index < -0.39 is 5.41 Å². The Labute approximate surface area is 772 Å². The van der Waals surface area contributed by atoms with Crippen LogP contribution in [-0.2, 0) is 44.4 Å². The minimum Gasteiger partial charge on any atom is -0.657 e. The number of rotatable bonds is 22. The fourth-order valence-electron chi connectivity index (χ4n) is 17.4. The van der Waals surface area contributed by atoms with Gasteiger partial charge in [-0.15, -0.1) is 44.1 Å². The van der Waals surface area contributed by atoms with Gasteiger partial charge >= 0.3 is 39.0 Å². The van der Waals surface area contributed by atoms with Crippen molar-refractivity contribution in [2.75, 3.05) is 4.90 Å². The number of unbranched alkanes of at least 4 members (excludes halogenated alkanes) is 6. The second kappa shape index (κ2) is 37.3.